The van der Waals surface area contributed by atoms with Gasteiger partial charge in [0.2, 0.25) is 30.3 Å². The summed E-state index contributed by atoms with van der Waals surface area (Å²) < 4.78 is 16.2. The van der Waals surface area contributed by atoms with Crippen LogP contribution in [-0.4, -0.2) is 40.3 Å². The molecule has 1 aromatic carbocycles. The van der Waals surface area contributed by atoms with E-state index in [4.69, 9.17) is 14.0 Å². The number of carbonyl (C=O) groups is 2. The first-order valence-electron chi connectivity index (χ1n) is 10.7. The van der Waals surface area contributed by atoms with Gasteiger partial charge in [0.25, 0.3) is 0 Å². The Balaban J connectivity index is 1.29. The molecule has 10 heteroatoms. The lowest BCUT2D eigenvalue weighted by atomic mass is 10.0. The van der Waals surface area contributed by atoms with Gasteiger partial charge in [0.15, 0.2) is 11.5 Å². The van der Waals surface area contributed by atoms with E-state index >= 15 is 0 Å². The summed E-state index contributed by atoms with van der Waals surface area (Å²) in [6.45, 7) is 4.35. The highest BCUT2D eigenvalue weighted by Crippen LogP contribution is 2.37. The Morgan fingerprint density at radius 1 is 1.21 bits per heavy atom. The van der Waals surface area contributed by atoms with Gasteiger partial charge in [-0.05, 0) is 30.2 Å². The Kier molecular flexibility index (Phi) is 5.41. The van der Waals surface area contributed by atoms with Crippen molar-refractivity contribution >= 4 is 17.5 Å². The molecular formula is C23H23N5O5. The number of rotatable bonds is 6. The second-order valence-electron chi connectivity index (χ2n) is 8.37. The summed E-state index contributed by atoms with van der Waals surface area (Å²) in [6.07, 6.45) is 3.43. The second-order valence-corrected chi connectivity index (χ2v) is 8.37. The maximum absolute atomic E-state index is 13.1. The number of fused-ring (bicyclic) bond motifs is 1. The average molecular weight is 449 g/mol. The van der Waals surface area contributed by atoms with Crippen molar-refractivity contribution in [1.82, 2.24) is 20.4 Å². The van der Waals surface area contributed by atoms with E-state index in [9.17, 15) is 9.59 Å². The number of nitrogens with one attached hydrogen (secondary N) is 1. The van der Waals surface area contributed by atoms with E-state index in [1.807, 2.05) is 19.9 Å². The van der Waals surface area contributed by atoms with Crippen molar-refractivity contribution in [3.8, 4) is 22.9 Å². The van der Waals surface area contributed by atoms with Crippen LogP contribution in [0.2, 0.25) is 0 Å². The topological polar surface area (TPSA) is 120 Å². The number of hydrogen-bond donors (Lipinski definition) is 1. The van der Waals surface area contributed by atoms with Crippen molar-refractivity contribution < 1.29 is 23.6 Å². The smallest absolute Gasteiger partial charge is 0.249 e. The van der Waals surface area contributed by atoms with E-state index in [1.165, 1.54) is 0 Å². The van der Waals surface area contributed by atoms with Gasteiger partial charge in [0.1, 0.15) is 6.04 Å². The molecule has 2 aliphatic rings. The number of nitrogens with zero attached hydrogens (tertiary/aromatic N) is 4. The number of aromatic nitrogens is 3. The van der Waals surface area contributed by atoms with Crippen LogP contribution in [0.5, 0.6) is 11.5 Å². The first kappa shape index (κ1) is 20.9. The van der Waals surface area contributed by atoms with Crippen molar-refractivity contribution in [2.24, 2.45) is 11.8 Å². The molecule has 0 spiro atoms. The molecule has 2 unspecified atom stereocenters. The van der Waals surface area contributed by atoms with Gasteiger partial charge in [-0.3, -0.25) is 14.6 Å². The predicted octanol–water partition coefficient (Wildman–Crippen LogP) is 2.73. The Labute approximate surface area is 189 Å². The largest absolute Gasteiger partial charge is 0.454 e. The Morgan fingerprint density at radius 2 is 2.06 bits per heavy atom. The summed E-state index contributed by atoms with van der Waals surface area (Å²) in [5.41, 5.74) is 1.40. The molecule has 1 saturated heterocycles. The number of pyridine rings is 1. The summed E-state index contributed by atoms with van der Waals surface area (Å²) in [5.74, 6) is 1.11. The van der Waals surface area contributed by atoms with E-state index < -0.39 is 12.0 Å². The van der Waals surface area contributed by atoms with Crippen molar-refractivity contribution in [2.75, 3.05) is 18.2 Å². The van der Waals surface area contributed by atoms with Gasteiger partial charge in [0.05, 0.1) is 5.92 Å². The van der Waals surface area contributed by atoms with Crippen LogP contribution >= 0.6 is 0 Å². The average Bonchev–Trinajstić information content (AvgIpc) is 3.56. The molecule has 2 atom stereocenters. The zero-order valence-electron chi connectivity index (χ0n) is 18.2. The highest BCUT2D eigenvalue weighted by atomic mass is 16.7. The molecule has 2 amide bonds. The third kappa shape index (κ3) is 4.11. The molecule has 2 aliphatic heterocycles. The standard InChI is InChI=1S/C23H23N5O5/c1-13(2)20(23-26-21(27-33-23)14-4-3-7-24-10-14)25-22(30)15-8-19(29)28(11-15)16-5-6-17-18(9-16)32-12-31-17/h3-7,9-10,13,15,20H,8,11-12H2,1-2H3,(H,25,30). The van der Waals surface area contributed by atoms with Crippen molar-refractivity contribution in [2.45, 2.75) is 26.3 Å². The van der Waals surface area contributed by atoms with E-state index in [-0.39, 0.29) is 37.5 Å². The van der Waals surface area contributed by atoms with Crippen LogP contribution in [0.25, 0.3) is 11.4 Å². The van der Waals surface area contributed by atoms with E-state index in [0.29, 0.717) is 28.9 Å². The quantitative estimate of drug-likeness (QED) is 0.610. The molecule has 33 heavy (non-hydrogen) atoms. The molecule has 1 fully saturated rings. The number of ether oxygens (including phenoxy) is 2. The van der Waals surface area contributed by atoms with E-state index in [0.717, 1.165) is 5.56 Å². The number of anilines is 1. The van der Waals surface area contributed by atoms with Gasteiger partial charge in [-0.1, -0.05) is 19.0 Å². The molecule has 1 N–H and O–H groups in total. The predicted molar refractivity (Wildman–Crippen MR) is 116 cm³/mol. The van der Waals surface area contributed by atoms with Gasteiger partial charge in [-0.25, -0.2) is 0 Å². The fraction of sp³-hybridized carbons (Fsp3) is 0.348. The van der Waals surface area contributed by atoms with Gasteiger partial charge in [-0.2, -0.15) is 4.98 Å². The number of hydrogen-bond acceptors (Lipinski definition) is 8. The van der Waals surface area contributed by atoms with E-state index in [1.54, 1.807) is 41.6 Å². The molecule has 10 nitrogen and oxygen atoms in total. The summed E-state index contributed by atoms with van der Waals surface area (Å²) in [7, 11) is 0. The summed E-state index contributed by atoms with van der Waals surface area (Å²) >= 11 is 0. The zero-order valence-corrected chi connectivity index (χ0v) is 18.2. The SMILES string of the molecule is CC(C)C(NC(=O)C1CC(=O)N(c2ccc3c(c2)OCO3)C1)c1nc(-c2cccnc2)no1. The molecule has 4 heterocycles. The Hall–Kier alpha value is -3.95. The van der Waals surface area contributed by atoms with E-state index in [2.05, 4.69) is 20.4 Å². The fourth-order valence-electron chi connectivity index (χ4n) is 3.94. The van der Waals surface area contributed by atoms with Crippen LogP contribution in [0.4, 0.5) is 5.69 Å². The third-order valence-electron chi connectivity index (χ3n) is 5.76. The first-order chi connectivity index (χ1) is 16.0. The lowest BCUT2D eigenvalue weighted by molar-refractivity contribution is -0.127. The molecule has 2 aromatic heterocycles. The van der Waals surface area contributed by atoms with Crippen molar-refractivity contribution in [3.05, 3.63) is 48.6 Å². The number of amides is 2. The van der Waals surface area contributed by atoms with Gasteiger partial charge < -0.3 is 24.2 Å². The Bertz CT molecular complexity index is 1180. The molecule has 0 saturated carbocycles. The molecule has 5 rings (SSSR count). The van der Waals surface area contributed by atoms with Crippen LogP contribution in [0.1, 0.15) is 32.2 Å². The number of carbonyl (C=O) groups excluding carboxylic acids is 2. The molecular weight excluding hydrogens is 426 g/mol. The maximum atomic E-state index is 13.1. The van der Waals surface area contributed by atoms with Gasteiger partial charge in [0, 0.05) is 42.7 Å². The van der Waals surface area contributed by atoms with Gasteiger partial charge in [-0.15, -0.1) is 0 Å². The zero-order chi connectivity index (χ0) is 22.9. The minimum atomic E-state index is -0.495. The first-order valence-corrected chi connectivity index (χ1v) is 10.7. The summed E-state index contributed by atoms with van der Waals surface area (Å²) in [6, 6.07) is 8.46. The highest BCUT2D eigenvalue weighted by Gasteiger charge is 2.37. The van der Waals surface area contributed by atoms with Gasteiger partial charge >= 0.3 is 0 Å². The minimum absolute atomic E-state index is 0.00165. The van der Waals surface area contributed by atoms with Crippen molar-refractivity contribution in [1.29, 1.82) is 0 Å². The van der Waals surface area contributed by atoms with Crippen molar-refractivity contribution in [3.63, 3.8) is 0 Å². The molecule has 0 radical (unpaired) electrons. The highest BCUT2D eigenvalue weighted by molar-refractivity contribution is 6.00. The van der Waals surface area contributed by atoms with Crippen LogP contribution < -0.4 is 19.7 Å². The second kappa shape index (κ2) is 8.53. The lowest BCUT2D eigenvalue weighted by Crippen LogP contribution is -2.37. The summed E-state index contributed by atoms with van der Waals surface area (Å²) in [5, 5.41) is 7.02. The monoisotopic (exact) mass is 449 g/mol. The molecule has 0 bridgehead atoms. The summed E-state index contributed by atoms with van der Waals surface area (Å²) in [4.78, 5) is 35.9. The maximum Gasteiger partial charge on any atom is 0.249 e. The van der Waals surface area contributed by atoms with Crippen LogP contribution in [0.3, 0.4) is 0 Å². The normalized spacial score (nSPS) is 18.1. The van der Waals surface area contributed by atoms with Crippen LogP contribution in [0.15, 0.2) is 47.2 Å². The molecule has 170 valence electrons. The molecule has 0 aliphatic carbocycles. The Morgan fingerprint density at radius 3 is 2.85 bits per heavy atom. The minimum Gasteiger partial charge on any atom is -0.454 e. The fourth-order valence-corrected chi connectivity index (χ4v) is 3.94. The third-order valence-corrected chi connectivity index (χ3v) is 5.76. The molecule has 3 aromatic rings. The number of benzene rings is 1. The van der Waals surface area contributed by atoms with Crippen LogP contribution in [0, 0.1) is 11.8 Å². The lowest BCUT2D eigenvalue weighted by Gasteiger charge is -2.21. The van der Waals surface area contributed by atoms with Crippen LogP contribution in [-0.2, 0) is 9.59 Å².